The average molecular weight is 255 g/mol. The molecule has 1 saturated heterocycles. The highest BCUT2D eigenvalue weighted by molar-refractivity contribution is 6.31. The Bertz CT molecular complexity index is 424. The van der Waals surface area contributed by atoms with E-state index >= 15 is 0 Å². The van der Waals surface area contributed by atoms with Gasteiger partial charge >= 0.3 is 0 Å². The molecule has 1 N–H and O–H groups in total. The molecule has 2 atom stereocenters. The Hall–Kier alpha value is -1.26. The number of aliphatic hydroxyl groups is 1. The van der Waals surface area contributed by atoms with E-state index < -0.39 is 12.2 Å². The second-order valence-corrected chi connectivity index (χ2v) is 4.60. The number of rotatable bonds is 1. The molecule has 5 heteroatoms. The van der Waals surface area contributed by atoms with Gasteiger partial charge in [0.2, 0.25) is 0 Å². The lowest BCUT2D eigenvalue weighted by Crippen LogP contribution is -2.50. The molecule has 1 fully saturated rings. The molecule has 1 amide bonds. The van der Waals surface area contributed by atoms with Gasteiger partial charge in [-0.15, -0.1) is 0 Å². The number of carboxylic acid groups (broad SMARTS) is 1. The van der Waals surface area contributed by atoms with E-state index in [1.54, 1.807) is 6.07 Å². The topological polar surface area (TPSA) is 63.6 Å². The first kappa shape index (κ1) is 12.2. The summed E-state index contributed by atoms with van der Waals surface area (Å²) in [6.07, 6.45) is -1.41. The molecule has 2 rings (SSSR count). The maximum Gasteiger partial charge on any atom is 0.137 e. The molecule has 1 aliphatic heterocycles. The van der Waals surface area contributed by atoms with Crippen LogP contribution in [0.3, 0.4) is 0 Å². The van der Waals surface area contributed by atoms with Crippen molar-refractivity contribution >= 4 is 17.7 Å². The van der Waals surface area contributed by atoms with E-state index in [0.29, 0.717) is 18.0 Å². The molecule has 0 radical (unpaired) electrons. The molecule has 0 aromatic heterocycles. The van der Waals surface area contributed by atoms with Gasteiger partial charge in [-0.05, 0) is 18.1 Å². The zero-order valence-corrected chi connectivity index (χ0v) is 9.93. The van der Waals surface area contributed by atoms with Gasteiger partial charge in [-0.25, -0.2) is 0 Å². The Labute approximate surface area is 104 Å². The van der Waals surface area contributed by atoms with Gasteiger partial charge in [0.1, 0.15) is 6.09 Å². The summed E-state index contributed by atoms with van der Waals surface area (Å²) in [6.45, 7) is 0.452. The van der Waals surface area contributed by atoms with Crippen molar-refractivity contribution in [2.75, 3.05) is 13.1 Å². The van der Waals surface area contributed by atoms with Crippen LogP contribution < -0.4 is 5.11 Å². The summed E-state index contributed by atoms with van der Waals surface area (Å²) in [4.78, 5) is 11.8. The summed E-state index contributed by atoms with van der Waals surface area (Å²) in [6, 6.07) is 7.33. The number of likely N-dealkylation sites (tertiary alicyclic amines) is 1. The number of carbonyl (C=O) groups is 1. The largest absolute Gasteiger partial charge is 0.530 e. The Morgan fingerprint density at radius 2 is 2.18 bits per heavy atom. The van der Waals surface area contributed by atoms with Crippen LogP contribution in [0.1, 0.15) is 17.9 Å². The molecular weight excluding hydrogens is 242 g/mol. The predicted molar refractivity (Wildman–Crippen MR) is 61.8 cm³/mol. The standard InChI is InChI=1S/C12H14ClNO3/c13-10-4-2-1-3-8(10)9-5-6-14(12(16)17)7-11(9)15/h1-4,9,11,15H,5-7H2,(H,16,17)/p-1. The third-order valence-corrected chi connectivity index (χ3v) is 3.49. The maximum atomic E-state index is 10.7. The van der Waals surface area contributed by atoms with Crippen molar-refractivity contribution in [3.8, 4) is 0 Å². The third kappa shape index (κ3) is 2.53. The molecule has 0 spiro atoms. The Morgan fingerprint density at radius 3 is 2.76 bits per heavy atom. The van der Waals surface area contributed by atoms with Gasteiger partial charge in [-0.2, -0.15) is 0 Å². The molecule has 4 nitrogen and oxygen atoms in total. The quantitative estimate of drug-likeness (QED) is 0.808. The number of hydrogen-bond donors (Lipinski definition) is 1. The first-order valence-electron chi connectivity index (χ1n) is 5.48. The number of halogens is 1. The molecule has 1 aliphatic rings. The number of benzene rings is 1. The molecule has 1 aromatic rings. The Kier molecular flexibility index (Phi) is 3.54. The third-order valence-electron chi connectivity index (χ3n) is 3.14. The number of aliphatic hydroxyl groups excluding tert-OH is 1. The number of piperidine rings is 1. The van der Waals surface area contributed by atoms with Gasteiger partial charge in [0.05, 0.1) is 6.10 Å². The van der Waals surface area contributed by atoms with Crippen molar-refractivity contribution in [3.63, 3.8) is 0 Å². The van der Waals surface area contributed by atoms with Crippen molar-refractivity contribution < 1.29 is 15.0 Å². The number of β-amino-alcohol motifs (C(OH)–C–C–N with tert-alkyl or cyclic N) is 1. The zero-order valence-electron chi connectivity index (χ0n) is 9.17. The second-order valence-electron chi connectivity index (χ2n) is 4.20. The lowest BCUT2D eigenvalue weighted by Gasteiger charge is -2.37. The van der Waals surface area contributed by atoms with Crippen LogP contribution in [0.5, 0.6) is 0 Å². The molecule has 17 heavy (non-hydrogen) atoms. The van der Waals surface area contributed by atoms with Crippen LogP contribution in [0.25, 0.3) is 0 Å². The van der Waals surface area contributed by atoms with Crippen molar-refractivity contribution in [3.05, 3.63) is 34.9 Å². The van der Waals surface area contributed by atoms with Gasteiger partial charge < -0.3 is 19.9 Å². The SMILES string of the molecule is O=C([O-])N1CCC(c2ccccc2Cl)C(O)C1. The minimum Gasteiger partial charge on any atom is -0.530 e. The van der Waals surface area contributed by atoms with E-state index in [4.69, 9.17) is 11.6 Å². The summed E-state index contributed by atoms with van der Waals surface area (Å²) in [5.41, 5.74) is 0.875. The van der Waals surface area contributed by atoms with E-state index in [1.807, 2.05) is 18.2 Å². The molecule has 0 aliphatic carbocycles. The van der Waals surface area contributed by atoms with E-state index in [-0.39, 0.29) is 12.5 Å². The lowest BCUT2D eigenvalue weighted by atomic mass is 9.87. The van der Waals surface area contributed by atoms with Crippen LogP contribution in [0.15, 0.2) is 24.3 Å². The van der Waals surface area contributed by atoms with Crippen LogP contribution in [-0.2, 0) is 0 Å². The predicted octanol–water partition coefficient (Wildman–Crippen LogP) is 0.834. The summed E-state index contributed by atoms with van der Waals surface area (Å²) < 4.78 is 0. The second kappa shape index (κ2) is 4.94. The van der Waals surface area contributed by atoms with E-state index in [0.717, 1.165) is 10.5 Å². The van der Waals surface area contributed by atoms with Crippen molar-refractivity contribution in [1.82, 2.24) is 4.90 Å². The lowest BCUT2D eigenvalue weighted by molar-refractivity contribution is -0.268. The van der Waals surface area contributed by atoms with Crippen LogP contribution in [0.2, 0.25) is 5.02 Å². The van der Waals surface area contributed by atoms with Crippen LogP contribution in [0, 0.1) is 0 Å². The fourth-order valence-electron chi connectivity index (χ4n) is 2.24. The zero-order chi connectivity index (χ0) is 12.4. The monoisotopic (exact) mass is 254 g/mol. The molecule has 92 valence electrons. The van der Waals surface area contributed by atoms with E-state index in [9.17, 15) is 15.0 Å². The normalized spacial score (nSPS) is 24.7. The van der Waals surface area contributed by atoms with Crippen LogP contribution in [0.4, 0.5) is 4.79 Å². The molecule has 0 saturated carbocycles. The number of amides is 1. The van der Waals surface area contributed by atoms with E-state index in [2.05, 4.69) is 0 Å². The van der Waals surface area contributed by atoms with Crippen molar-refractivity contribution in [2.24, 2.45) is 0 Å². The minimum absolute atomic E-state index is 0.0816. The maximum absolute atomic E-state index is 10.7. The Balaban J connectivity index is 2.15. The molecule has 1 aromatic carbocycles. The average Bonchev–Trinajstić information content (AvgIpc) is 2.30. The van der Waals surface area contributed by atoms with Gasteiger partial charge in [0.15, 0.2) is 0 Å². The summed E-state index contributed by atoms with van der Waals surface area (Å²) in [5.74, 6) is -0.112. The van der Waals surface area contributed by atoms with Gasteiger partial charge in [0.25, 0.3) is 0 Å². The Morgan fingerprint density at radius 1 is 1.47 bits per heavy atom. The smallest absolute Gasteiger partial charge is 0.137 e. The molecular formula is C12H13ClNO3-. The minimum atomic E-state index is -1.23. The van der Waals surface area contributed by atoms with Gasteiger partial charge in [-0.3, -0.25) is 0 Å². The van der Waals surface area contributed by atoms with Crippen LogP contribution >= 0.6 is 11.6 Å². The van der Waals surface area contributed by atoms with Crippen molar-refractivity contribution in [2.45, 2.75) is 18.4 Å². The first-order chi connectivity index (χ1) is 8.09. The summed E-state index contributed by atoms with van der Waals surface area (Å²) in [5, 5.41) is 21.3. The fraction of sp³-hybridized carbons (Fsp3) is 0.417. The number of carbonyl (C=O) groups excluding carboxylic acids is 1. The van der Waals surface area contributed by atoms with E-state index in [1.165, 1.54) is 0 Å². The molecule has 0 bridgehead atoms. The highest BCUT2D eigenvalue weighted by Gasteiger charge is 2.29. The molecule has 2 unspecified atom stereocenters. The number of hydrogen-bond acceptors (Lipinski definition) is 3. The summed E-state index contributed by atoms with van der Waals surface area (Å²) in [7, 11) is 0. The van der Waals surface area contributed by atoms with Crippen LogP contribution in [-0.4, -0.2) is 35.3 Å². The van der Waals surface area contributed by atoms with Gasteiger partial charge in [0, 0.05) is 24.0 Å². The molecule has 1 heterocycles. The fourth-order valence-corrected chi connectivity index (χ4v) is 2.51. The van der Waals surface area contributed by atoms with Gasteiger partial charge in [-0.1, -0.05) is 29.8 Å². The highest BCUT2D eigenvalue weighted by atomic mass is 35.5. The van der Waals surface area contributed by atoms with Crippen molar-refractivity contribution in [1.29, 1.82) is 0 Å². The first-order valence-corrected chi connectivity index (χ1v) is 5.86. The number of nitrogens with zero attached hydrogens (tertiary/aromatic N) is 1. The highest BCUT2D eigenvalue weighted by Crippen LogP contribution is 2.32. The summed E-state index contributed by atoms with van der Waals surface area (Å²) >= 11 is 6.07.